The first-order valence-corrected chi connectivity index (χ1v) is 11.5. The number of benzene rings is 2. The minimum atomic E-state index is -0.560. The SMILES string of the molecule is CCSc1nnc2c(n1)O[C@H](c1cc(I)c(O)c(OC)c1)Nc1ccc(Br)cc1-2. The van der Waals surface area contributed by atoms with Crippen LogP contribution >= 0.6 is 50.3 Å². The first-order valence-electron chi connectivity index (χ1n) is 8.67. The lowest BCUT2D eigenvalue weighted by molar-refractivity contribution is 0.224. The summed E-state index contributed by atoms with van der Waals surface area (Å²) >= 11 is 7.08. The number of ether oxygens (including phenoxy) is 2. The number of nitrogens with zero attached hydrogens (tertiary/aromatic N) is 3. The number of nitrogens with one attached hydrogen (secondary N) is 1. The Morgan fingerprint density at radius 2 is 2.14 bits per heavy atom. The number of methoxy groups -OCH3 is 1. The Kier molecular flexibility index (Phi) is 6.02. The highest BCUT2D eigenvalue weighted by Crippen LogP contribution is 2.42. The van der Waals surface area contributed by atoms with E-state index in [1.54, 1.807) is 6.07 Å². The van der Waals surface area contributed by atoms with Crippen molar-refractivity contribution in [1.82, 2.24) is 15.2 Å². The number of hydrogen-bond acceptors (Lipinski definition) is 8. The maximum absolute atomic E-state index is 10.2. The molecule has 0 aliphatic carbocycles. The lowest BCUT2D eigenvalue weighted by Gasteiger charge is -2.20. The second-order valence-corrected chi connectivity index (χ2v) is 9.38. The van der Waals surface area contributed by atoms with Crippen molar-refractivity contribution in [3.05, 3.63) is 43.9 Å². The van der Waals surface area contributed by atoms with E-state index < -0.39 is 6.23 Å². The number of aromatic nitrogens is 3. The van der Waals surface area contributed by atoms with E-state index in [9.17, 15) is 5.11 Å². The maximum Gasteiger partial charge on any atom is 0.247 e. The Labute approximate surface area is 193 Å². The fraction of sp³-hybridized carbons (Fsp3) is 0.211. The van der Waals surface area contributed by atoms with E-state index in [2.05, 4.69) is 59.0 Å². The van der Waals surface area contributed by atoms with Gasteiger partial charge in [-0.05, 0) is 58.7 Å². The number of anilines is 1. The molecule has 0 radical (unpaired) electrons. The Morgan fingerprint density at radius 1 is 1.31 bits per heavy atom. The van der Waals surface area contributed by atoms with Crippen LogP contribution in [0.1, 0.15) is 18.7 Å². The number of halogens is 2. The van der Waals surface area contributed by atoms with Gasteiger partial charge < -0.3 is 19.9 Å². The molecule has 4 rings (SSSR count). The fourth-order valence-electron chi connectivity index (χ4n) is 2.91. The van der Waals surface area contributed by atoms with E-state index in [1.807, 2.05) is 31.2 Å². The molecule has 10 heteroatoms. The standard InChI is InChI=1S/C19H16BrIN4O3S/c1-3-29-19-23-18-15(24-25-19)11-8-10(20)4-5-13(11)22-17(28-18)9-6-12(21)16(26)14(7-9)27-2/h4-8,17,22,26H,3H2,1-2H3/t17-/m1/s1. The summed E-state index contributed by atoms with van der Waals surface area (Å²) in [6.07, 6.45) is -0.560. The van der Waals surface area contributed by atoms with E-state index in [0.717, 1.165) is 27.0 Å². The van der Waals surface area contributed by atoms with Crippen molar-refractivity contribution in [3.63, 3.8) is 0 Å². The summed E-state index contributed by atoms with van der Waals surface area (Å²) in [5.41, 5.74) is 3.03. The first kappa shape index (κ1) is 20.5. The van der Waals surface area contributed by atoms with Crippen LogP contribution in [0.15, 0.2) is 40.0 Å². The molecule has 7 nitrogen and oxygen atoms in total. The van der Waals surface area contributed by atoms with Gasteiger partial charge in [0.15, 0.2) is 23.4 Å². The summed E-state index contributed by atoms with van der Waals surface area (Å²) in [4.78, 5) is 4.58. The van der Waals surface area contributed by atoms with Crippen LogP contribution in [-0.2, 0) is 0 Å². The second kappa shape index (κ2) is 8.52. The molecule has 1 aliphatic heterocycles. The molecule has 1 aliphatic rings. The minimum Gasteiger partial charge on any atom is -0.504 e. The van der Waals surface area contributed by atoms with Gasteiger partial charge in [0, 0.05) is 21.3 Å². The molecule has 0 unspecified atom stereocenters. The number of phenols is 1. The number of aromatic hydroxyl groups is 1. The van der Waals surface area contributed by atoms with Gasteiger partial charge in [-0.1, -0.05) is 34.6 Å². The third-order valence-electron chi connectivity index (χ3n) is 4.23. The molecule has 0 saturated carbocycles. The van der Waals surface area contributed by atoms with Crippen molar-refractivity contribution in [2.45, 2.75) is 18.3 Å². The van der Waals surface area contributed by atoms with Gasteiger partial charge in [-0.25, -0.2) is 0 Å². The first-order chi connectivity index (χ1) is 14.0. The Morgan fingerprint density at radius 3 is 2.90 bits per heavy atom. The largest absolute Gasteiger partial charge is 0.504 e. The second-order valence-electron chi connectivity index (χ2n) is 6.07. The van der Waals surface area contributed by atoms with Crippen LogP contribution in [0.25, 0.3) is 11.3 Å². The molecular formula is C19H16BrIN4O3S. The monoisotopic (exact) mass is 586 g/mol. The highest BCUT2D eigenvalue weighted by Gasteiger charge is 2.27. The third kappa shape index (κ3) is 4.10. The molecular weight excluding hydrogens is 571 g/mol. The molecule has 2 heterocycles. The van der Waals surface area contributed by atoms with Crippen molar-refractivity contribution < 1.29 is 14.6 Å². The average Bonchev–Trinajstić information content (AvgIpc) is 2.86. The summed E-state index contributed by atoms with van der Waals surface area (Å²) in [5, 5.41) is 22.8. The third-order valence-corrected chi connectivity index (χ3v) is 6.27. The lowest BCUT2D eigenvalue weighted by atomic mass is 10.1. The van der Waals surface area contributed by atoms with Gasteiger partial charge in [0.2, 0.25) is 11.0 Å². The predicted molar refractivity (Wildman–Crippen MR) is 124 cm³/mol. The smallest absolute Gasteiger partial charge is 0.247 e. The zero-order chi connectivity index (χ0) is 20.5. The van der Waals surface area contributed by atoms with Gasteiger partial charge in [0.1, 0.15) is 0 Å². The normalized spacial score (nSPS) is 14.8. The van der Waals surface area contributed by atoms with Crippen LogP contribution in [-0.4, -0.2) is 33.2 Å². The number of hydrogen-bond donors (Lipinski definition) is 2. The highest BCUT2D eigenvalue weighted by atomic mass is 127. The fourth-order valence-corrected chi connectivity index (χ4v) is 4.40. The topological polar surface area (TPSA) is 89.4 Å². The van der Waals surface area contributed by atoms with Gasteiger partial charge in [0.25, 0.3) is 0 Å². The molecule has 0 spiro atoms. The summed E-state index contributed by atoms with van der Waals surface area (Å²) in [6.45, 7) is 2.03. The van der Waals surface area contributed by atoms with Gasteiger partial charge >= 0.3 is 0 Å². The Bertz CT molecular complexity index is 1090. The molecule has 2 N–H and O–H groups in total. The molecule has 0 amide bonds. The van der Waals surface area contributed by atoms with Crippen molar-refractivity contribution in [3.8, 4) is 28.6 Å². The molecule has 1 atom stereocenters. The van der Waals surface area contributed by atoms with Gasteiger partial charge in [-0.15, -0.1) is 10.2 Å². The molecule has 0 fully saturated rings. The Balaban J connectivity index is 1.86. The van der Waals surface area contributed by atoms with E-state index >= 15 is 0 Å². The number of phenolic OH excluding ortho intramolecular Hbond substituents is 1. The van der Waals surface area contributed by atoms with Crippen LogP contribution in [0.3, 0.4) is 0 Å². The minimum absolute atomic E-state index is 0.0980. The summed E-state index contributed by atoms with van der Waals surface area (Å²) in [7, 11) is 1.52. The van der Waals surface area contributed by atoms with Gasteiger partial charge in [-0.2, -0.15) is 4.98 Å². The molecule has 3 aromatic rings. The number of rotatable bonds is 4. The van der Waals surface area contributed by atoms with Crippen molar-refractivity contribution in [1.29, 1.82) is 0 Å². The van der Waals surface area contributed by atoms with Crippen LogP contribution in [0.4, 0.5) is 5.69 Å². The van der Waals surface area contributed by atoms with E-state index in [-0.39, 0.29) is 5.75 Å². The Hall–Kier alpha value is -1.79. The quantitative estimate of drug-likeness (QED) is 0.317. The van der Waals surface area contributed by atoms with Crippen molar-refractivity contribution in [2.24, 2.45) is 0 Å². The average molecular weight is 587 g/mol. The summed E-state index contributed by atoms with van der Waals surface area (Å²) in [6, 6.07) is 9.43. The van der Waals surface area contributed by atoms with E-state index in [1.165, 1.54) is 18.9 Å². The summed E-state index contributed by atoms with van der Waals surface area (Å²) < 4.78 is 13.1. The molecule has 0 saturated heterocycles. The summed E-state index contributed by atoms with van der Waals surface area (Å²) in [5.74, 6) is 1.70. The van der Waals surface area contributed by atoms with Crippen LogP contribution < -0.4 is 14.8 Å². The number of thioether (sulfide) groups is 1. The zero-order valence-electron chi connectivity index (χ0n) is 15.4. The molecule has 150 valence electrons. The van der Waals surface area contributed by atoms with E-state index in [0.29, 0.717) is 26.1 Å². The highest BCUT2D eigenvalue weighted by molar-refractivity contribution is 14.1. The maximum atomic E-state index is 10.2. The van der Waals surface area contributed by atoms with E-state index in [4.69, 9.17) is 9.47 Å². The van der Waals surface area contributed by atoms with Crippen LogP contribution in [0.5, 0.6) is 17.4 Å². The van der Waals surface area contributed by atoms with Gasteiger partial charge in [0.05, 0.1) is 10.7 Å². The predicted octanol–water partition coefficient (Wildman–Crippen LogP) is 5.24. The molecule has 0 bridgehead atoms. The van der Waals surface area contributed by atoms with Crippen LogP contribution in [0, 0.1) is 3.57 Å². The van der Waals surface area contributed by atoms with Crippen molar-refractivity contribution >= 4 is 56.0 Å². The molecule has 1 aromatic heterocycles. The number of fused-ring (bicyclic) bond motifs is 3. The van der Waals surface area contributed by atoms with Gasteiger partial charge in [-0.3, -0.25) is 0 Å². The zero-order valence-corrected chi connectivity index (χ0v) is 20.0. The molecule has 29 heavy (non-hydrogen) atoms. The molecule has 2 aromatic carbocycles. The van der Waals surface area contributed by atoms with Crippen LogP contribution in [0.2, 0.25) is 0 Å². The van der Waals surface area contributed by atoms with Crippen molar-refractivity contribution in [2.75, 3.05) is 18.2 Å². The lowest BCUT2D eigenvalue weighted by Crippen LogP contribution is -2.17.